The average Bonchev–Trinajstić information content (AvgIpc) is 1.99. The molecule has 0 bridgehead atoms. The Kier molecular flexibility index (Phi) is 2.75. The topological polar surface area (TPSA) is 72.8 Å². The van der Waals surface area contributed by atoms with E-state index in [1.165, 1.54) is 6.92 Å². The Balaban J connectivity index is 3.06. The Morgan fingerprint density at radius 3 is 2.20 bits per heavy atom. The summed E-state index contributed by atoms with van der Waals surface area (Å²) in [5, 5.41) is 0. The van der Waals surface area contributed by atoms with Gasteiger partial charge in [0.25, 0.3) is 5.91 Å². The summed E-state index contributed by atoms with van der Waals surface area (Å²) in [4.78, 5) is 37.4. The number of hydrogen-bond acceptors (Lipinski definition) is 4. The van der Waals surface area contributed by atoms with E-state index in [0.29, 0.717) is 0 Å². The molecule has 0 radical (unpaired) electrons. The van der Waals surface area contributed by atoms with Crippen molar-refractivity contribution in [2.75, 3.05) is 0 Å². The van der Waals surface area contributed by atoms with Crippen molar-refractivity contribution in [2.45, 2.75) is 27.7 Å². The van der Waals surface area contributed by atoms with Crippen molar-refractivity contribution in [1.82, 2.24) is 0 Å². The molecule has 0 aromatic carbocycles. The van der Waals surface area contributed by atoms with Crippen LogP contribution in [0, 0.1) is 11.3 Å². The normalized spacial score (nSPS) is 22.1. The van der Waals surface area contributed by atoms with Gasteiger partial charge in [0, 0.05) is 5.41 Å². The Morgan fingerprint density at radius 2 is 1.87 bits per heavy atom. The van der Waals surface area contributed by atoms with E-state index in [1.807, 2.05) is 0 Å². The molecule has 1 unspecified atom stereocenters. The zero-order chi connectivity index (χ0) is 11.8. The number of carbonyl (C=O) groups is 3. The highest BCUT2D eigenvalue weighted by molar-refractivity contribution is 6.22. The number of cyclic esters (lactones) is 1. The molecule has 0 fully saturated rings. The molecule has 0 aromatic rings. The highest BCUT2D eigenvalue weighted by Crippen LogP contribution is 2.22. The minimum atomic E-state index is -1.38. The van der Waals surface area contributed by atoms with Crippen LogP contribution in [-0.4, -0.2) is 23.6 Å². The second-order valence-electron chi connectivity index (χ2n) is 4.47. The summed E-state index contributed by atoms with van der Waals surface area (Å²) in [5.74, 6) is -3.41. The molecule has 1 rings (SSSR count). The fraction of sp³-hybridized carbons (Fsp3) is 0.600. The van der Waals surface area contributed by atoms with Gasteiger partial charge in [-0.2, -0.15) is 4.99 Å². The van der Waals surface area contributed by atoms with Crippen molar-refractivity contribution < 1.29 is 19.1 Å². The molecule has 0 saturated heterocycles. The smallest absolute Gasteiger partial charge is 0.332 e. The van der Waals surface area contributed by atoms with Gasteiger partial charge in [-0.25, -0.2) is 0 Å². The molecule has 1 aliphatic heterocycles. The van der Waals surface area contributed by atoms with Gasteiger partial charge in [-0.3, -0.25) is 14.4 Å². The molecular formula is C10H13NO4. The predicted octanol–water partition coefficient (Wildman–Crippen LogP) is 0.720. The summed E-state index contributed by atoms with van der Waals surface area (Å²) in [5.41, 5.74) is -0.521. The quantitative estimate of drug-likeness (QED) is 0.473. The molecule has 5 nitrogen and oxygen atoms in total. The number of esters is 1. The van der Waals surface area contributed by atoms with Crippen LogP contribution in [-0.2, 0) is 19.1 Å². The number of aliphatic imine (C=N–C) groups is 1. The molecule has 0 N–H and O–H groups in total. The summed E-state index contributed by atoms with van der Waals surface area (Å²) < 4.78 is 4.86. The first-order valence-electron chi connectivity index (χ1n) is 4.58. The Hall–Kier alpha value is -1.52. The van der Waals surface area contributed by atoms with Gasteiger partial charge >= 0.3 is 5.97 Å². The third-order valence-electron chi connectivity index (χ3n) is 1.94. The van der Waals surface area contributed by atoms with E-state index in [0.717, 1.165) is 0 Å². The van der Waals surface area contributed by atoms with Gasteiger partial charge in [-0.05, 0) is 6.92 Å². The van der Waals surface area contributed by atoms with E-state index in [2.05, 4.69) is 4.99 Å². The highest BCUT2D eigenvalue weighted by Gasteiger charge is 2.40. The van der Waals surface area contributed by atoms with Gasteiger partial charge in [0.15, 0.2) is 11.7 Å². The summed E-state index contributed by atoms with van der Waals surface area (Å²) in [7, 11) is 0. The third-order valence-corrected chi connectivity index (χ3v) is 1.94. The summed E-state index contributed by atoms with van der Waals surface area (Å²) in [6, 6.07) is 0. The number of ether oxygens (including phenoxy) is 1. The molecule has 1 heterocycles. The molecule has 1 amide bonds. The fourth-order valence-electron chi connectivity index (χ4n) is 1.10. The molecule has 1 atom stereocenters. The molecular weight excluding hydrogens is 198 g/mol. The number of hydrogen-bond donors (Lipinski definition) is 0. The summed E-state index contributed by atoms with van der Waals surface area (Å²) in [6.45, 7) is 6.46. The van der Waals surface area contributed by atoms with Crippen LogP contribution in [0.25, 0.3) is 0 Å². The number of amides is 1. The molecule has 5 heteroatoms. The van der Waals surface area contributed by atoms with Gasteiger partial charge in [-0.1, -0.05) is 20.8 Å². The van der Waals surface area contributed by atoms with Crippen molar-refractivity contribution in [1.29, 1.82) is 0 Å². The Morgan fingerprint density at radius 1 is 1.33 bits per heavy atom. The molecule has 0 aliphatic carbocycles. The van der Waals surface area contributed by atoms with E-state index in [4.69, 9.17) is 4.74 Å². The van der Waals surface area contributed by atoms with Gasteiger partial charge in [0.05, 0.1) is 0 Å². The third kappa shape index (κ3) is 2.29. The average molecular weight is 211 g/mol. The van der Waals surface area contributed by atoms with Gasteiger partial charge in [0.2, 0.25) is 5.90 Å². The van der Waals surface area contributed by atoms with Crippen LogP contribution < -0.4 is 0 Å². The number of ketones is 1. The van der Waals surface area contributed by atoms with Crippen LogP contribution in [0.15, 0.2) is 4.99 Å². The predicted molar refractivity (Wildman–Crippen MR) is 52.2 cm³/mol. The molecule has 1 aliphatic rings. The van der Waals surface area contributed by atoms with E-state index in [-0.39, 0.29) is 5.90 Å². The van der Waals surface area contributed by atoms with Crippen molar-refractivity contribution in [2.24, 2.45) is 16.3 Å². The zero-order valence-corrected chi connectivity index (χ0v) is 9.16. The minimum absolute atomic E-state index is 0.0648. The van der Waals surface area contributed by atoms with Crippen LogP contribution in [0.3, 0.4) is 0 Å². The van der Waals surface area contributed by atoms with Crippen LogP contribution in [0.4, 0.5) is 0 Å². The number of rotatable bonds is 1. The molecule has 82 valence electrons. The van der Waals surface area contributed by atoms with E-state index in [1.54, 1.807) is 20.8 Å². The lowest BCUT2D eigenvalue weighted by atomic mass is 9.94. The maximum atomic E-state index is 11.4. The molecule has 0 saturated carbocycles. The number of nitrogens with zero attached hydrogens (tertiary/aromatic N) is 1. The zero-order valence-electron chi connectivity index (χ0n) is 9.16. The summed E-state index contributed by atoms with van der Waals surface area (Å²) >= 11 is 0. The lowest BCUT2D eigenvalue weighted by Crippen LogP contribution is -2.41. The van der Waals surface area contributed by atoms with Crippen molar-refractivity contribution >= 4 is 23.6 Å². The van der Waals surface area contributed by atoms with Crippen molar-refractivity contribution in [3.8, 4) is 0 Å². The molecule has 15 heavy (non-hydrogen) atoms. The van der Waals surface area contributed by atoms with Crippen LogP contribution in [0.2, 0.25) is 0 Å². The Bertz CT molecular complexity index is 362. The standard InChI is InChI=1S/C10H13NO4/c1-5(12)6-7(13)11-9(10(2,3)4)15-8(6)14/h6H,1-4H3. The molecule has 0 spiro atoms. The minimum Gasteiger partial charge on any atom is -0.410 e. The van der Waals surface area contributed by atoms with E-state index in [9.17, 15) is 14.4 Å². The highest BCUT2D eigenvalue weighted by atomic mass is 16.5. The lowest BCUT2D eigenvalue weighted by Gasteiger charge is -2.24. The second kappa shape index (κ2) is 3.56. The van der Waals surface area contributed by atoms with E-state index >= 15 is 0 Å². The van der Waals surface area contributed by atoms with Gasteiger partial charge in [0.1, 0.15) is 0 Å². The monoisotopic (exact) mass is 211 g/mol. The maximum Gasteiger partial charge on any atom is 0.332 e. The first-order chi connectivity index (χ1) is 6.73. The SMILES string of the molecule is CC(=O)C1C(=O)N=C(C(C)(C)C)OC1=O. The van der Waals surface area contributed by atoms with Crippen LogP contribution in [0.1, 0.15) is 27.7 Å². The largest absolute Gasteiger partial charge is 0.410 e. The number of Topliss-reactive ketones (excluding diaryl/α,β-unsaturated/α-hetero) is 1. The summed E-state index contributed by atoms with van der Waals surface area (Å²) in [6.07, 6.45) is 0. The Labute approximate surface area is 87.5 Å². The van der Waals surface area contributed by atoms with Crippen molar-refractivity contribution in [3.05, 3.63) is 0 Å². The maximum absolute atomic E-state index is 11.4. The number of carbonyl (C=O) groups excluding carboxylic acids is 3. The second-order valence-corrected chi connectivity index (χ2v) is 4.47. The van der Waals surface area contributed by atoms with Crippen LogP contribution >= 0.6 is 0 Å². The van der Waals surface area contributed by atoms with Gasteiger partial charge in [-0.15, -0.1) is 0 Å². The van der Waals surface area contributed by atoms with Crippen molar-refractivity contribution in [3.63, 3.8) is 0 Å². The lowest BCUT2D eigenvalue weighted by molar-refractivity contribution is -0.150. The fourth-order valence-corrected chi connectivity index (χ4v) is 1.10. The molecule has 0 aromatic heterocycles. The first-order valence-corrected chi connectivity index (χ1v) is 4.58. The van der Waals surface area contributed by atoms with E-state index < -0.39 is 29.0 Å². The van der Waals surface area contributed by atoms with Gasteiger partial charge < -0.3 is 4.74 Å². The van der Waals surface area contributed by atoms with Crippen LogP contribution in [0.5, 0.6) is 0 Å². The first kappa shape index (κ1) is 11.6.